The van der Waals surface area contributed by atoms with Crippen LogP contribution in [0.25, 0.3) is 0 Å². The third-order valence-corrected chi connectivity index (χ3v) is 7.59. The molecule has 2 aromatic carbocycles. The van der Waals surface area contributed by atoms with Gasteiger partial charge in [-0.3, -0.25) is 14.4 Å². The number of nitrogens with one attached hydrogen (secondary N) is 1. The van der Waals surface area contributed by atoms with Gasteiger partial charge in [-0.2, -0.15) is 0 Å². The van der Waals surface area contributed by atoms with E-state index in [9.17, 15) is 23.2 Å². The van der Waals surface area contributed by atoms with E-state index in [1.807, 2.05) is 6.07 Å². The van der Waals surface area contributed by atoms with Gasteiger partial charge in [0.1, 0.15) is 17.7 Å². The summed E-state index contributed by atoms with van der Waals surface area (Å²) in [4.78, 5) is 38.8. The maximum atomic E-state index is 14.8. The number of carbonyl (C=O) groups is 3. The summed E-state index contributed by atoms with van der Waals surface area (Å²) in [6.45, 7) is 0.644. The van der Waals surface area contributed by atoms with Crippen molar-refractivity contribution < 1.29 is 33.0 Å². The Morgan fingerprint density at radius 3 is 2.36 bits per heavy atom. The molecule has 1 heterocycles. The number of nitrogens with zero attached hydrogens (tertiary/aromatic N) is 1. The molecule has 0 aromatic heterocycles. The second-order valence-corrected chi connectivity index (χ2v) is 13.6. The Morgan fingerprint density at radius 2 is 1.78 bits per heavy atom. The Balaban J connectivity index is 1.93. The minimum atomic E-state index is -1.68. The number of methoxy groups -OCH3 is 1. The van der Waals surface area contributed by atoms with Gasteiger partial charge in [-0.15, -0.1) is 0 Å². The van der Waals surface area contributed by atoms with Crippen LogP contribution >= 0.6 is 10.0 Å². The molecule has 10 heteroatoms. The van der Waals surface area contributed by atoms with E-state index in [-0.39, 0.29) is 42.3 Å². The van der Waals surface area contributed by atoms with Crippen molar-refractivity contribution in [1.82, 2.24) is 4.90 Å². The topological polar surface area (TPSA) is 95.9 Å². The minimum absolute atomic E-state index is 0.00409. The molecular formula is C26H32F2N2O5S. The number of rotatable bonds is 9. The van der Waals surface area contributed by atoms with Crippen molar-refractivity contribution in [2.45, 2.75) is 43.2 Å². The molecule has 0 saturated carbocycles. The van der Waals surface area contributed by atoms with E-state index in [4.69, 9.17) is 9.84 Å². The van der Waals surface area contributed by atoms with E-state index in [0.29, 0.717) is 18.6 Å². The molecule has 7 nitrogen and oxygen atoms in total. The van der Waals surface area contributed by atoms with Crippen LogP contribution in [0.4, 0.5) is 14.5 Å². The second-order valence-electron chi connectivity index (χ2n) is 9.55. The first-order valence-corrected chi connectivity index (χ1v) is 14.4. The SMILES string of the molecule is COCc1ccc2c(c1)CCN(C(=O)CCCC(=O)O)[C@H]2C(=O)Nc1cc(F)c(S(C)(C)C)c(F)c1. The number of ether oxygens (including phenoxy) is 1. The third-order valence-electron chi connectivity index (χ3n) is 5.97. The maximum Gasteiger partial charge on any atom is 0.303 e. The molecule has 0 saturated heterocycles. The van der Waals surface area contributed by atoms with Crippen molar-refractivity contribution in [3.8, 4) is 0 Å². The zero-order chi connectivity index (χ0) is 26.6. The second kappa shape index (κ2) is 11.4. The van der Waals surface area contributed by atoms with Gasteiger partial charge in [0, 0.05) is 32.2 Å². The quantitative estimate of drug-likeness (QED) is 0.506. The van der Waals surface area contributed by atoms with Crippen LogP contribution in [-0.2, 0) is 32.1 Å². The largest absolute Gasteiger partial charge is 0.481 e. The van der Waals surface area contributed by atoms with Gasteiger partial charge in [0.25, 0.3) is 5.91 Å². The van der Waals surface area contributed by atoms with Gasteiger partial charge in [-0.25, -0.2) is 18.8 Å². The monoisotopic (exact) mass is 522 g/mol. The van der Waals surface area contributed by atoms with Crippen LogP contribution < -0.4 is 5.32 Å². The van der Waals surface area contributed by atoms with Crippen LogP contribution in [0, 0.1) is 11.6 Å². The normalized spacial score (nSPS) is 15.8. The van der Waals surface area contributed by atoms with Gasteiger partial charge < -0.3 is 20.1 Å². The van der Waals surface area contributed by atoms with E-state index in [2.05, 4.69) is 5.32 Å². The Kier molecular flexibility index (Phi) is 8.73. The smallest absolute Gasteiger partial charge is 0.303 e. The molecule has 36 heavy (non-hydrogen) atoms. The first-order valence-electron chi connectivity index (χ1n) is 11.5. The zero-order valence-corrected chi connectivity index (χ0v) is 21.7. The van der Waals surface area contributed by atoms with Crippen LogP contribution in [0.2, 0.25) is 0 Å². The van der Waals surface area contributed by atoms with Crippen molar-refractivity contribution in [2.75, 3.05) is 37.7 Å². The predicted molar refractivity (Wildman–Crippen MR) is 135 cm³/mol. The maximum absolute atomic E-state index is 14.8. The average molecular weight is 523 g/mol. The number of fused-ring (bicyclic) bond motifs is 1. The Morgan fingerprint density at radius 1 is 1.11 bits per heavy atom. The lowest BCUT2D eigenvalue weighted by molar-refractivity contribution is -0.140. The highest BCUT2D eigenvalue weighted by atomic mass is 32.3. The molecule has 1 atom stereocenters. The lowest BCUT2D eigenvalue weighted by Crippen LogP contribution is -2.45. The highest BCUT2D eigenvalue weighted by Crippen LogP contribution is 2.48. The molecule has 2 N–H and O–H groups in total. The molecule has 0 unspecified atom stereocenters. The van der Waals surface area contributed by atoms with Crippen molar-refractivity contribution in [3.63, 3.8) is 0 Å². The third kappa shape index (κ3) is 6.41. The molecule has 2 amide bonds. The summed E-state index contributed by atoms with van der Waals surface area (Å²) in [7, 11) is -0.100. The molecular weight excluding hydrogens is 490 g/mol. The minimum Gasteiger partial charge on any atom is -0.481 e. The molecule has 2 aromatic rings. The van der Waals surface area contributed by atoms with Crippen LogP contribution in [-0.4, -0.2) is 60.2 Å². The number of anilines is 1. The van der Waals surface area contributed by atoms with E-state index in [1.54, 1.807) is 38.0 Å². The van der Waals surface area contributed by atoms with E-state index in [1.165, 1.54) is 4.90 Å². The summed E-state index contributed by atoms with van der Waals surface area (Å²) >= 11 is 0. The van der Waals surface area contributed by atoms with E-state index < -0.39 is 39.6 Å². The number of carboxylic acid groups (broad SMARTS) is 1. The van der Waals surface area contributed by atoms with Crippen LogP contribution in [0.15, 0.2) is 35.2 Å². The van der Waals surface area contributed by atoms with Crippen molar-refractivity contribution >= 4 is 33.5 Å². The lowest BCUT2D eigenvalue weighted by Gasteiger charge is -2.37. The molecule has 0 radical (unpaired) electrons. The standard InChI is InChI=1S/C26H32F2N2O5S/c1-35-15-16-8-9-19-17(12-16)10-11-30(22(31)6-5-7-23(32)33)24(19)26(34)29-18-13-20(27)25(21(28)14-18)36(2,3)4/h8-9,12-14,24H,5-7,10-11,15H2,1-4H3,(H,29,34)(H,32,33)/t24-/m1/s1. The van der Waals surface area contributed by atoms with Gasteiger partial charge in [0.2, 0.25) is 5.91 Å². The summed E-state index contributed by atoms with van der Waals surface area (Å²) in [6, 6.07) is 6.66. The summed E-state index contributed by atoms with van der Waals surface area (Å²) in [5, 5.41) is 11.5. The van der Waals surface area contributed by atoms with Crippen molar-refractivity contribution in [3.05, 3.63) is 58.7 Å². The first kappa shape index (κ1) is 27.6. The highest BCUT2D eigenvalue weighted by molar-refractivity contribution is 8.32. The number of aliphatic carboxylic acids is 1. The molecule has 0 spiro atoms. The Hall–Kier alpha value is -2.98. The van der Waals surface area contributed by atoms with E-state index in [0.717, 1.165) is 23.3 Å². The molecule has 0 fully saturated rings. The van der Waals surface area contributed by atoms with Gasteiger partial charge in [0.05, 0.1) is 11.5 Å². The van der Waals surface area contributed by atoms with E-state index >= 15 is 0 Å². The molecule has 0 aliphatic carbocycles. The average Bonchev–Trinajstić information content (AvgIpc) is 2.76. The number of benzene rings is 2. The van der Waals surface area contributed by atoms with Crippen LogP contribution in [0.5, 0.6) is 0 Å². The number of carboxylic acids is 1. The fourth-order valence-electron chi connectivity index (χ4n) is 4.45. The molecule has 1 aliphatic rings. The number of amides is 2. The summed E-state index contributed by atoms with van der Waals surface area (Å²) in [5.41, 5.74) is 2.37. The first-order chi connectivity index (χ1) is 16.9. The molecule has 1 aliphatic heterocycles. The Bertz CT molecular complexity index is 1140. The van der Waals surface area contributed by atoms with Gasteiger partial charge >= 0.3 is 5.97 Å². The summed E-state index contributed by atoms with van der Waals surface area (Å²) in [6.07, 6.45) is 5.79. The zero-order valence-electron chi connectivity index (χ0n) is 20.9. The lowest BCUT2D eigenvalue weighted by atomic mass is 9.90. The molecule has 196 valence electrons. The summed E-state index contributed by atoms with van der Waals surface area (Å²) in [5.74, 6) is -3.43. The number of hydrogen-bond acceptors (Lipinski definition) is 4. The summed E-state index contributed by atoms with van der Waals surface area (Å²) < 4.78 is 34.7. The van der Waals surface area contributed by atoms with Crippen molar-refractivity contribution in [1.29, 1.82) is 0 Å². The number of halogens is 2. The fraction of sp³-hybridized carbons (Fsp3) is 0.423. The van der Waals surface area contributed by atoms with Crippen molar-refractivity contribution in [2.24, 2.45) is 0 Å². The Labute approximate surface area is 211 Å². The number of hydrogen-bond donors (Lipinski definition) is 2. The fourth-order valence-corrected chi connectivity index (χ4v) is 5.74. The predicted octanol–water partition coefficient (Wildman–Crippen LogP) is 4.48. The van der Waals surface area contributed by atoms with Gasteiger partial charge in [-0.1, -0.05) is 18.2 Å². The van der Waals surface area contributed by atoms with Gasteiger partial charge in [-0.05, 0) is 60.4 Å². The molecule has 0 bridgehead atoms. The van der Waals surface area contributed by atoms with Crippen LogP contribution in [0.3, 0.4) is 0 Å². The highest BCUT2D eigenvalue weighted by Gasteiger charge is 2.36. The number of carbonyl (C=O) groups excluding carboxylic acids is 2. The molecule has 3 rings (SSSR count). The van der Waals surface area contributed by atoms with Crippen LogP contribution in [0.1, 0.15) is 42.0 Å². The van der Waals surface area contributed by atoms with Gasteiger partial charge in [0.15, 0.2) is 0 Å².